The predicted molar refractivity (Wildman–Crippen MR) is 163 cm³/mol. The van der Waals surface area contributed by atoms with Crippen LogP contribution in [0.5, 0.6) is 5.75 Å². The monoisotopic (exact) mass is 720 g/mol. The summed E-state index contributed by atoms with van der Waals surface area (Å²) >= 11 is 14.1. The first-order valence-electron chi connectivity index (χ1n) is 14.7. The molecule has 6 unspecified atom stereocenters. The van der Waals surface area contributed by atoms with Crippen molar-refractivity contribution in [2.75, 3.05) is 9.80 Å². The lowest BCUT2D eigenvalue weighted by Crippen LogP contribution is -2.60. The number of benzene rings is 3. The van der Waals surface area contributed by atoms with Crippen LogP contribution in [-0.2, 0) is 19.2 Å². The lowest BCUT2D eigenvalue weighted by molar-refractivity contribution is -0.125. The Labute approximate surface area is 283 Å². The summed E-state index contributed by atoms with van der Waals surface area (Å²) in [6.45, 7) is 0. The average Bonchev–Trinajstić information content (AvgIpc) is 3.41. The van der Waals surface area contributed by atoms with E-state index in [4.69, 9.17) is 23.2 Å². The van der Waals surface area contributed by atoms with Gasteiger partial charge < -0.3 is 15.2 Å². The fourth-order valence-corrected chi connectivity index (χ4v) is 8.66. The third kappa shape index (κ3) is 4.31. The van der Waals surface area contributed by atoms with Crippen LogP contribution in [0.2, 0.25) is 0 Å². The first-order chi connectivity index (χ1) is 23.1. The summed E-state index contributed by atoms with van der Waals surface area (Å²) in [5.74, 6) is -22.4. The number of imide groups is 2. The minimum Gasteiger partial charge on any atom is -0.508 e. The number of rotatable bonds is 4. The van der Waals surface area contributed by atoms with Crippen molar-refractivity contribution in [1.29, 1.82) is 0 Å². The van der Waals surface area contributed by atoms with Crippen LogP contribution in [0.1, 0.15) is 24.3 Å². The summed E-state index contributed by atoms with van der Waals surface area (Å²) in [5.41, 5.74) is -1.65. The quantitative estimate of drug-likeness (QED) is 0.0714. The summed E-state index contributed by atoms with van der Waals surface area (Å²) in [4.78, 5) is 51.5. The SMILES string of the molecule is O=C1C2CC=C3C(CC4(Cl)C(=O)N(c5c(F)c(F)c(F)c(F)c5F)C(=O)C4(Cl)C3c3cccc(O)c3)C2C(=O)N1c1cccc(B(O)O)c1. The Bertz CT molecular complexity index is 2040. The Morgan fingerprint density at radius 3 is 2.04 bits per heavy atom. The lowest BCUT2D eigenvalue weighted by Gasteiger charge is -2.50. The van der Waals surface area contributed by atoms with Gasteiger partial charge in [0.05, 0.1) is 17.5 Å². The van der Waals surface area contributed by atoms with E-state index < -0.39 is 105 Å². The van der Waals surface area contributed by atoms with E-state index in [9.17, 15) is 47.5 Å². The summed E-state index contributed by atoms with van der Waals surface area (Å²) in [5, 5.41) is 29.7. The highest BCUT2D eigenvalue weighted by atomic mass is 35.5. The minimum absolute atomic E-state index is 0.00813. The zero-order valence-corrected chi connectivity index (χ0v) is 26.0. The topological polar surface area (TPSA) is 135 Å². The minimum atomic E-state index is -2.72. The molecule has 4 aliphatic rings. The van der Waals surface area contributed by atoms with Crippen molar-refractivity contribution in [2.45, 2.75) is 28.5 Å². The number of halogens is 7. The number of hydrogen-bond acceptors (Lipinski definition) is 7. The third-order valence-corrected chi connectivity index (χ3v) is 11.3. The lowest BCUT2D eigenvalue weighted by atomic mass is 9.56. The Hall–Kier alpha value is -4.31. The van der Waals surface area contributed by atoms with Gasteiger partial charge in [-0.05, 0) is 54.1 Å². The zero-order chi connectivity index (χ0) is 35.5. The van der Waals surface area contributed by atoms with Crippen LogP contribution in [0.25, 0.3) is 0 Å². The standard InChI is InChI=1S/C32H20BCl2F5N2O7/c34-31-11-18-16(7-8-17-19(18)28(45)41(27(17)44)14-5-2-4-13(10-14)33(48)49)20(12-3-1-6-15(43)9-12)32(31,35)30(47)42(29(31)46)26-24(39)22(37)21(36)23(38)25(26)40/h1-7,9-10,17-20,43,48-49H,8,11H2. The van der Waals surface area contributed by atoms with Crippen molar-refractivity contribution in [1.82, 2.24) is 0 Å². The number of phenols is 1. The van der Waals surface area contributed by atoms with E-state index in [1.165, 1.54) is 54.6 Å². The van der Waals surface area contributed by atoms with E-state index in [-0.39, 0.29) is 39.4 Å². The van der Waals surface area contributed by atoms with Gasteiger partial charge in [0.15, 0.2) is 33.0 Å². The normalized spacial score (nSPS) is 29.2. The van der Waals surface area contributed by atoms with Gasteiger partial charge in [-0.2, -0.15) is 0 Å². The first-order valence-corrected chi connectivity index (χ1v) is 15.4. The Morgan fingerprint density at radius 1 is 0.776 bits per heavy atom. The maximum atomic E-state index is 15.1. The first kappa shape index (κ1) is 33.2. The molecule has 3 N–H and O–H groups in total. The molecule has 0 radical (unpaired) electrons. The van der Waals surface area contributed by atoms with Crippen LogP contribution in [0.3, 0.4) is 0 Å². The molecule has 2 heterocycles. The molecule has 6 atom stereocenters. The molecule has 9 nitrogen and oxygen atoms in total. The smallest absolute Gasteiger partial charge is 0.488 e. The molecule has 1 saturated carbocycles. The fraction of sp³-hybridized carbons (Fsp3) is 0.250. The molecule has 2 aliphatic heterocycles. The number of allylic oxidation sites excluding steroid dienone is 2. The van der Waals surface area contributed by atoms with Gasteiger partial charge in [-0.25, -0.2) is 26.9 Å². The summed E-state index contributed by atoms with van der Waals surface area (Å²) in [7, 11) is -1.93. The van der Waals surface area contributed by atoms with E-state index in [0.29, 0.717) is 0 Å². The molecule has 3 aromatic rings. The summed E-state index contributed by atoms with van der Waals surface area (Å²) in [6.07, 6.45) is 0.725. The molecule has 17 heteroatoms. The second kappa shape index (κ2) is 11.1. The Morgan fingerprint density at radius 2 is 1.41 bits per heavy atom. The van der Waals surface area contributed by atoms with Gasteiger partial charge in [-0.3, -0.25) is 24.1 Å². The molecular formula is C32H20BCl2F5N2O7. The van der Waals surface area contributed by atoms with Crippen molar-refractivity contribution < 1.29 is 56.3 Å². The molecule has 2 aliphatic carbocycles. The number of fused-ring (bicyclic) bond motifs is 4. The molecule has 3 fully saturated rings. The van der Waals surface area contributed by atoms with Crippen molar-refractivity contribution in [3.8, 4) is 5.75 Å². The largest absolute Gasteiger partial charge is 0.508 e. The summed E-state index contributed by atoms with van der Waals surface area (Å²) < 4.78 is 72.9. The van der Waals surface area contributed by atoms with Crippen LogP contribution in [0.15, 0.2) is 60.2 Å². The van der Waals surface area contributed by atoms with Gasteiger partial charge >= 0.3 is 7.12 Å². The highest BCUT2D eigenvalue weighted by molar-refractivity contribution is 6.59. The van der Waals surface area contributed by atoms with Crippen LogP contribution >= 0.6 is 23.2 Å². The maximum Gasteiger partial charge on any atom is 0.488 e. The number of amides is 4. The van der Waals surface area contributed by atoms with Gasteiger partial charge in [0.25, 0.3) is 11.8 Å². The fourth-order valence-electron chi connectivity index (χ4n) is 7.72. The van der Waals surface area contributed by atoms with E-state index in [0.717, 1.165) is 4.90 Å². The molecule has 0 spiro atoms. The van der Waals surface area contributed by atoms with E-state index >= 15 is 8.78 Å². The van der Waals surface area contributed by atoms with Crippen molar-refractivity contribution >= 4 is 70.8 Å². The molecule has 7 rings (SSSR count). The van der Waals surface area contributed by atoms with Crippen LogP contribution < -0.4 is 15.3 Å². The Balaban J connectivity index is 1.41. The predicted octanol–water partition coefficient (Wildman–Crippen LogP) is 3.54. The molecule has 252 valence electrons. The van der Waals surface area contributed by atoms with Crippen molar-refractivity contribution in [3.05, 3.63) is 94.8 Å². The summed E-state index contributed by atoms with van der Waals surface area (Å²) in [6, 6.07) is 10.5. The number of alkyl halides is 2. The van der Waals surface area contributed by atoms with Crippen LogP contribution in [0, 0.1) is 46.8 Å². The molecule has 2 saturated heterocycles. The number of aromatic hydroxyl groups is 1. The van der Waals surface area contributed by atoms with Crippen LogP contribution in [-0.4, -0.2) is 55.7 Å². The van der Waals surface area contributed by atoms with Crippen molar-refractivity contribution in [3.63, 3.8) is 0 Å². The number of anilines is 2. The third-order valence-electron chi connectivity index (χ3n) is 9.85. The number of nitrogens with zero attached hydrogens (tertiary/aromatic N) is 2. The zero-order valence-electron chi connectivity index (χ0n) is 24.5. The number of carbonyl (C=O) groups is 4. The number of carbonyl (C=O) groups excluding carboxylic acids is 4. The maximum absolute atomic E-state index is 15.1. The Kier molecular flexibility index (Phi) is 7.52. The van der Waals surface area contributed by atoms with Crippen molar-refractivity contribution in [2.24, 2.45) is 17.8 Å². The number of phenolic OH excluding ortho intramolecular Hbond substituents is 1. The van der Waals surface area contributed by atoms with Crippen LogP contribution in [0.4, 0.5) is 33.3 Å². The molecule has 49 heavy (non-hydrogen) atoms. The average molecular weight is 721 g/mol. The van der Waals surface area contributed by atoms with E-state index in [1.54, 1.807) is 0 Å². The molecule has 0 aromatic heterocycles. The highest BCUT2D eigenvalue weighted by Crippen LogP contribution is 2.66. The second-order valence-electron chi connectivity index (χ2n) is 12.3. The van der Waals surface area contributed by atoms with E-state index in [2.05, 4.69) is 0 Å². The highest BCUT2D eigenvalue weighted by Gasteiger charge is 2.77. The molecule has 3 aromatic carbocycles. The van der Waals surface area contributed by atoms with Gasteiger partial charge in [-0.15, -0.1) is 23.2 Å². The number of hydrogen-bond donors (Lipinski definition) is 3. The molecule has 4 amide bonds. The second-order valence-corrected chi connectivity index (χ2v) is 13.5. The van der Waals surface area contributed by atoms with Gasteiger partial charge in [0, 0.05) is 5.92 Å². The molecule has 0 bridgehead atoms. The van der Waals surface area contributed by atoms with Gasteiger partial charge in [-0.1, -0.05) is 35.9 Å². The van der Waals surface area contributed by atoms with Gasteiger partial charge in [0.2, 0.25) is 17.6 Å². The molecular weight excluding hydrogens is 701 g/mol. The van der Waals surface area contributed by atoms with Gasteiger partial charge in [0.1, 0.15) is 11.4 Å². The van der Waals surface area contributed by atoms with E-state index in [1.807, 2.05) is 0 Å².